The lowest BCUT2D eigenvalue weighted by molar-refractivity contribution is 0.355. The van der Waals surface area contributed by atoms with E-state index in [0.29, 0.717) is 17.3 Å². The van der Waals surface area contributed by atoms with Crippen LogP contribution in [0, 0.1) is 6.92 Å². The van der Waals surface area contributed by atoms with E-state index in [-0.39, 0.29) is 0 Å². The molecule has 5 heteroatoms. The van der Waals surface area contributed by atoms with E-state index in [9.17, 15) is 0 Å². The van der Waals surface area contributed by atoms with Crippen LogP contribution in [0.3, 0.4) is 0 Å². The third kappa shape index (κ3) is 2.53. The van der Waals surface area contributed by atoms with Crippen molar-refractivity contribution < 1.29 is 9.47 Å². The number of H-pyrrole nitrogens is 1. The van der Waals surface area contributed by atoms with Crippen molar-refractivity contribution in [2.75, 3.05) is 14.2 Å². The molecule has 0 unspecified atom stereocenters. The minimum atomic E-state index is 0.624. The Bertz CT molecular complexity index is 796. The van der Waals surface area contributed by atoms with E-state index < -0.39 is 0 Å². The fraction of sp³-hybridized carbons (Fsp3) is 0.176. The molecular weight excluding hydrogens is 278 g/mol. The normalized spacial score (nSPS) is 10.5. The van der Waals surface area contributed by atoms with Gasteiger partial charge in [0.15, 0.2) is 23.1 Å². The van der Waals surface area contributed by atoms with E-state index in [4.69, 9.17) is 9.47 Å². The van der Waals surface area contributed by atoms with Gasteiger partial charge in [-0.15, -0.1) is 0 Å². The molecule has 5 nitrogen and oxygen atoms in total. The van der Waals surface area contributed by atoms with Crippen molar-refractivity contribution in [1.82, 2.24) is 15.2 Å². The van der Waals surface area contributed by atoms with E-state index in [1.807, 2.05) is 49.4 Å². The fourth-order valence-electron chi connectivity index (χ4n) is 2.33. The van der Waals surface area contributed by atoms with Gasteiger partial charge >= 0.3 is 0 Å². The topological polar surface area (TPSA) is 60.0 Å². The molecule has 112 valence electrons. The summed E-state index contributed by atoms with van der Waals surface area (Å²) in [5.41, 5.74) is 3.06. The van der Waals surface area contributed by atoms with Crippen molar-refractivity contribution in [3.05, 3.63) is 48.0 Å². The lowest BCUT2D eigenvalue weighted by atomic mass is 10.1. The number of nitrogens with zero attached hydrogens (tertiary/aromatic N) is 2. The molecule has 0 saturated carbocycles. The molecule has 0 fully saturated rings. The van der Waals surface area contributed by atoms with E-state index in [1.54, 1.807) is 14.2 Å². The van der Waals surface area contributed by atoms with Crippen molar-refractivity contribution in [3.63, 3.8) is 0 Å². The fourth-order valence-corrected chi connectivity index (χ4v) is 2.33. The minimum absolute atomic E-state index is 0.624. The van der Waals surface area contributed by atoms with Crippen LogP contribution in [-0.4, -0.2) is 29.4 Å². The molecule has 3 aromatic rings. The van der Waals surface area contributed by atoms with Crippen molar-refractivity contribution in [2.24, 2.45) is 0 Å². The second kappa shape index (κ2) is 5.89. The van der Waals surface area contributed by atoms with Gasteiger partial charge in [0.2, 0.25) is 0 Å². The van der Waals surface area contributed by atoms with Crippen LogP contribution in [0.25, 0.3) is 22.8 Å². The summed E-state index contributed by atoms with van der Waals surface area (Å²) in [5.74, 6) is 2.71. The van der Waals surface area contributed by atoms with Gasteiger partial charge in [0.1, 0.15) is 0 Å². The van der Waals surface area contributed by atoms with Gasteiger partial charge in [0.05, 0.1) is 14.2 Å². The highest BCUT2D eigenvalue weighted by Crippen LogP contribution is 2.31. The second-order valence-electron chi connectivity index (χ2n) is 4.89. The molecular formula is C17H17N3O2. The number of ether oxygens (including phenoxy) is 2. The number of aryl methyl sites for hydroxylation is 1. The maximum atomic E-state index is 5.32. The summed E-state index contributed by atoms with van der Waals surface area (Å²) in [6.45, 7) is 2.05. The van der Waals surface area contributed by atoms with Gasteiger partial charge < -0.3 is 9.47 Å². The smallest absolute Gasteiger partial charge is 0.181 e. The van der Waals surface area contributed by atoms with Crippen LogP contribution in [0.4, 0.5) is 0 Å². The summed E-state index contributed by atoms with van der Waals surface area (Å²) in [6, 6.07) is 13.7. The number of hydrogen-bond donors (Lipinski definition) is 1. The van der Waals surface area contributed by atoms with Crippen LogP contribution < -0.4 is 9.47 Å². The molecule has 0 atom stereocenters. The number of nitrogens with one attached hydrogen (secondary N) is 1. The highest BCUT2D eigenvalue weighted by molar-refractivity contribution is 5.65. The monoisotopic (exact) mass is 295 g/mol. The third-order valence-electron chi connectivity index (χ3n) is 3.53. The maximum Gasteiger partial charge on any atom is 0.181 e. The summed E-state index contributed by atoms with van der Waals surface area (Å²) in [6.07, 6.45) is 0. The molecule has 1 N–H and O–H groups in total. The molecule has 0 bridgehead atoms. The van der Waals surface area contributed by atoms with Crippen molar-refractivity contribution >= 4 is 0 Å². The Kier molecular flexibility index (Phi) is 3.78. The minimum Gasteiger partial charge on any atom is -0.493 e. The van der Waals surface area contributed by atoms with Crippen LogP contribution in [0.2, 0.25) is 0 Å². The maximum absolute atomic E-state index is 5.32. The Hall–Kier alpha value is -2.82. The Labute approximate surface area is 128 Å². The van der Waals surface area contributed by atoms with Crippen LogP contribution in [0.15, 0.2) is 42.5 Å². The summed E-state index contributed by atoms with van der Waals surface area (Å²) in [4.78, 5) is 4.58. The zero-order valence-electron chi connectivity index (χ0n) is 12.8. The van der Waals surface area contributed by atoms with E-state index in [0.717, 1.165) is 22.5 Å². The molecule has 0 aliphatic heterocycles. The first kappa shape index (κ1) is 14.1. The first-order valence-electron chi connectivity index (χ1n) is 6.93. The van der Waals surface area contributed by atoms with Crippen molar-refractivity contribution in [2.45, 2.75) is 6.92 Å². The predicted octanol–water partition coefficient (Wildman–Crippen LogP) is 3.46. The van der Waals surface area contributed by atoms with E-state index in [2.05, 4.69) is 15.2 Å². The lowest BCUT2D eigenvalue weighted by Gasteiger charge is -2.07. The quantitative estimate of drug-likeness (QED) is 0.800. The molecule has 2 aromatic carbocycles. The van der Waals surface area contributed by atoms with Gasteiger partial charge in [-0.3, -0.25) is 5.10 Å². The Morgan fingerprint density at radius 2 is 1.73 bits per heavy atom. The van der Waals surface area contributed by atoms with Gasteiger partial charge in [-0.05, 0) is 30.7 Å². The third-order valence-corrected chi connectivity index (χ3v) is 3.53. The van der Waals surface area contributed by atoms with Gasteiger partial charge in [0, 0.05) is 11.1 Å². The van der Waals surface area contributed by atoms with Crippen molar-refractivity contribution in [3.8, 4) is 34.3 Å². The molecule has 3 rings (SSSR count). The highest BCUT2D eigenvalue weighted by atomic mass is 16.5. The zero-order valence-corrected chi connectivity index (χ0v) is 12.8. The molecule has 22 heavy (non-hydrogen) atoms. The molecule has 1 heterocycles. The van der Waals surface area contributed by atoms with Gasteiger partial charge in [-0.1, -0.05) is 24.3 Å². The average Bonchev–Trinajstić information content (AvgIpc) is 3.04. The summed E-state index contributed by atoms with van der Waals surface area (Å²) >= 11 is 0. The molecule has 0 spiro atoms. The van der Waals surface area contributed by atoms with Crippen LogP contribution >= 0.6 is 0 Å². The summed E-state index contributed by atoms with van der Waals surface area (Å²) in [5, 5.41) is 7.30. The molecule has 0 radical (unpaired) electrons. The highest BCUT2D eigenvalue weighted by Gasteiger charge is 2.12. The second-order valence-corrected chi connectivity index (χ2v) is 4.89. The zero-order chi connectivity index (χ0) is 15.5. The van der Waals surface area contributed by atoms with Gasteiger partial charge in [0.25, 0.3) is 0 Å². The number of aromatic nitrogens is 3. The van der Waals surface area contributed by atoms with Crippen LogP contribution in [0.1, 0.15) is 5.56 Å². The Morgan fingerprint density at radius 3 is 2.45 bits per heavy atom. The largest absolute Gasteiger partial charge is 0.493 e. The van der Waals surface area contributed by atoms with Crippen LogP contribution in [0.5, 0.6) is 11.5 Å². The lowest BCUT2D eigenvalue weighted by Crippen LogP contribution is -1.91. The van der Waals surface area contributed by atoms with E-state index in [1.165, 1.54) is 0 Å². The molecule has 0 saturated heterocycles. The van der Waals surface area contributed by atoms with Crippen LogP contribution in [-0.2, 0) is 0 Å². The molecule has 0 aliphatic carbocycles. The Morgan fingerprint density at radius 1 is 0.955 bits per heavy atom. The molecule has 0 aliphatic rings. The SMILES string of the molecule is COc1ccc(-c2n[nH]c(-c3ccccc3C)n2)cc1OC. The summed E-state index contributed by atoms with van der Waals surface area (Å²) < 4.78 is 10.6. The average molecular weight is 295 g/mol. The Balaban J connectivity index is 1.99. The number of benzene rings is 2. The van der Waals surface area contributed by atoms with Gasteiger partial charge in [-0.25, -0.2) is 4.98 Å². The van der Waals surface area contributed by atoms with E-state index >= 15 is 0 Å². The number of rotatable bonds is 4. The molecule has 0 amide bonds. The van der Waals surface area contributed by atoms with Gasteiger partial charge in [-0.2, -0.15) is 5.10 Å². The standard InChI is InChI=1S/C17H17N3O2/c1-11-6-4-5-7-13(11)17-18-16(19-20-17)12-8-9-14(21-2)15(10-12)22-3/h4-10H,1-3H3,(H,18,19,20). The molecule has 1 aromatic heterocycles. The predicted molar refractivity (Wildman–Crippen MR) is 85.1 cm³/mol. The number of aromatic amines is 1. The number of methoxy groups -OCH3 is 2. The summed E-state index contributed by atoms with van der Waals surface area (Å²) in [7, 11) is 3.22. The first-order valence-corrected chi connectivity index (χ1v) is 6.93. The van der Waals surface area contributed by atoms with Crippen molar-refractivity contribution in [1.29, 1.82) is 0 Å². The number of hydrogen-bond acceptors (Lipinski definition) is 4. The first-order chi connectivity index (χ1) is 10.7.